The van der Waals surface area contributed by atoms with Crippen LogP contribution in [0.3, 0.4) is 0 Å². The first-order valence-corrected chi connectivity index (χ1v) is 4.64. The van der Waals surface area contributed by atoms with Gasteiger partial charge in [-0.25, -0.2) is 0 Å². The molecule has 0 fully saturated rings. The molecular weight excluding hydrogens is 239 g/mol. The van der Waals surface area contributed by atoms with Crippen LogP contribution in [0.2, 0.25) is 0 Å². The van der Waals surface area contributed by atoms with Crippen molar-refractivity contribution in [3.05, 3.63) is 0 Å². The fraction of sp³-hybridized carbons (Fsp3) is 0.889. The average Bonchev–Trinajstić information content (AvgIpc) is 1.96. The molecule has 6 heteroatoms. The van der Waals surface area contributed by atoms with E-state index >= 15 is 0 Å². The molecule has 1 atom stereocenters. The summed E-state index contributed by atoms with van der Waals surface area (Å²) in [4.78, 5) is 12.4. The molecule has 4 nitrogen and oxygen atoms in total. The van der Waals surface area contributed by atoms with E-state index in [1.165, 1.54) is 0 Å². The lowest BCUT2D eigenvalue weighted by Gasteiger charge is -2.11. The summed E-state index contributed by atoms with van der Waals surface area (Å²) in [5.74, 6) is -0.805. The quantitative estimate of drug-likeness (QED) is 0.679. The van der Waals surface area contributed by atoms with E-state index in [1.807, 2.05) is 14.1 Å². The first kappa shape index (κ1) is 20.4. The molecule has 0 aliphatic carbocycles. The van der Waals surface area contributed by atoms with Crippen LogP contribution in [0.4, 0.5) is 0 Å². The molecule has 15 heavy (non-hydrogen) atoms. The van der Waals surface area contributed by atoms with E-state index in [-0.39, 0.29) is 37.3 Å². The van der Waals surface area contributed by atoms with E-state index in [9.17, 15) is 4.79 Å². The van der Waals surface area contributed by atoms with Gasteiger partial charge >= 0.3 is 5.97 Å². The van der Waals surface area contributed by atoms with Crippen LogP contribution in [0.15, 0.2) is 0 Å². The van der Waals surface area contributed by atoms with E-state index in [4.69, 9.17) is 10.8 Å². The molecule has 0 bridgehead atoms. The first-order chi connectivity index (χ1) is 6.02. The van der Waals surface area contributed by atoms with Gasteiger partial charge in [-0.2, -0.15) is 0 Å². The van der Waals surface area contributed by atoms with Crippen LogP contribution in [0.25, 0.3) is 0 Å². The van der Waals surface area contributed by atoms with Gasteiger partial charge in [-0.15, -0.1) is 24.8 Å². The molecule has 0 rings (SSSR count). The fourth-order valence-electron chi connectivity index (χ4n) is 1.16. The van der Waals surface area contributed by atoms with Crippen LogP contribution in [0.5, 0.6) is 0 Å². The zero-order valence-electron chi connectivity index (χ0n) is 9.31. The molecule has 0 aromatic rings. The maximum absolute atomic E-state index is 10.3. The van der Waals surface area contributed by atoms with Crippen LogP contribution < -0.4 is 5.73 Å². The number of nitrogens with two attached hydrogens (primary N) is 1. The lowest BCUT2D eigenvalue weighted by molar-refractivity contribution is -0.137. The lowest BCUT2D eigenvalue weighted by atomic mass is 10.1. The van der Waals surface area contributed by atoms with Crippen molar-refractivity contribution in [2.45, 2.75) is 31.7 Å². The van der Waals surface area contributed by atoms with Gasteiger partial charge in [0.1, 0.15) is 0 Å². The standard InChI is InChI=1S/C9H20N2O2.2ClH/c1-11(2)6-4-3-5-8(10)7-9(12)13;;/h8H,3-7,10H2,1-2H3,(H,12,13);2*1H. The summed E-state index contributed by atoms with van der Waals surface area (Å²) in [6.45, 7) is 1.04. The summed E-state index contributed by atoms with van der Waals surface area (Å²) < 4.78 is 0. The Bertz CT molecular complexity index is 157. The summed E-state index contributed by atoms with van der Waals surface area (Å²) in [6.07, 6.45) is 2.98. The maximum Gasteiger partial charge on any atom is 0.304 e. The second-order valence-corrected chi connectivity index (χ2v) is 3.66. The van der Waals surface area contributed by atoms with Crippen LogP contribution >= 0.6 is 24.8 Å². The van der Waals surface area contributed by atoms with E-state index in [2.05, 4.69) is 4.90 Å². The van der Waals surface area contributed by atoms with Crippen molar-refractivity contribution in [3.8, 4) is 0 Å². The number of aliphatic carboxylic acids is 1. The molecule has 0 radical (unpaired) electrons. The van der Waals surface area contributed by atoms with Gasteiger partial charge < -0.3 is 15.7 Å². The van der Waals surface area contributed by atoms with Gasteiger partial charge in [0.15, 0.2) is 0 Å². The van der Waals surface area contributed by atoms with Crippen LogP contribution in [-0.2, 0) is 4.79 Å². The highest BCUT2D eigenvalue weighted by molar-refractivity contribution is 5.85. The second-order valence-electron chi connectivity index (χ2n) is 3.66. The number of carbonyl (C=O) groups is 1. The van der Waals surface area contributed by atoms with E-state index in [0.29, 0.717) is 0 Å². The molecule has 0 heterocycles. The van der Waals surface area contributed by atoms with Gasteiger partial charge in [0.2, 0.25) is 0 Å². The zero-order chi connectivity index (χ0) is 10.3. The van der Waals surface area contributed by atoms with Crippen molar-refractivity contribution >= 4 is 30.8 Å². The predicted molar refractivity (Wildman–Crippen MR) is 67.1 cm³/mol. The third-order valence-electron chi connectivity index (χ3n) is 1.87. The maximum atomic E-state index is 10.3. The predicted octanol–water partition coefficient (Wildman–Crippen LogP) is 1.36. The molecule has 3 N–H and O–H groups in total. The Morgan fingerprint density at radius 1 is 1.33 bits per heavy atom. The highest BCUT2D eigenvalue weighted by Gasteiger charge is 2.06. The molecule has 0 saturated heterocycles. The van der Waals surface area contributed by atoms with Crippen LogP contribution in [0, 0.1) is 0 Å². The van der Waals surface area contributed by atoms with Crippen molar-refractivity contribution in [2.24, 2.45) is 5.73 Å². The van der Waals surface area contributed by atoms with Crippen molar-refractivity contribution in [1.82, 2.24) is 4.90 Å². The third kappa shape index (κ3) is 16.6. The molecule has 0 amide bonds. The smallest absolute Gasteiger partial charge is 0.304 e. The largest absolute Gasteiger partial charge is 0.481 e. The number of carboxylic acid groups (broad SMARTS) is 1. The topological polar surface area (TPSA) is 66.6 Å². The highest BCUT2D eigenvalue weighted by atomic mass is 35.5. The number of unbranched alkanes of at least 4 members (excludes halogenated alkanes) is 1. The van der Waals surface area contributed by atoms with E-state index < -0.39 is 5.97 Å². The van der Waals surface area contributed by atoms with Crippen molar-refractivity contribution in [2.75, 3.05) is 20.6 Å². The third-order valence-corrected chi connectivity index (χ3v) is 1.87. The summed E-state index contributed by atoms with van der Waals surface area (Å²) in [5.41, 5.74) is 5.60. The van der Waals surface area contributed by atoms with Gasteiger partial charge in [0.25, 0.3) is 0 Å². The molecule has 0 saturated carbocycles. The van der Waals surface area contributed by atoms with Crippen molar-refractivity contribution < 1.29 is 9.90 Å². The van der Waals surface area contributed by atoms with E-state index in [1.54, 1.807) is 0 Å². The normalized spacial score (nSPS) is 11.5. The Hall–Kier alpha value is -0.0300. The number of nitrogens with zero attached hydrogens (tertiary/aromatic N) is 1. The minimum absolute atomic E-state index is 0. The summed E-state index contributed by atoms with van der Waals surface area (Å²) >= 11 is 0. The van der Waals surface area contributed by atoms with E-state index in [0.717, 1.165) is 25.8 Å². The zero-order valence-corrected chi connectivity index (χ0v) is 10.9. The van der Waals surface area contributed by atoms with Gasteiger partial charge in [0, 0.05) is 6.04 Å². The Kier molecular flexibility index (Phi) is 16.4. The number of rotatable bonds is 7. The summed E-state index contributed by atoms with van der Waals surface area (Å²) in [7, 11) is 4.05. The molecule has 0 aliphatic rings. The SMILES string of the molecule is CN(C)CCCCC(N)CC(=O)O.Cl.Cl. The Balaban J connectivity index is -0.000000720. The molecular formula is C9H22Cl2N2O2. The number of halogens is 2. The summed E-state index contributed by atoms with van der Waals surface area (Å²) in [6, 6.07) is -0.181. The molecule has 94 valence electrons. The second kappa shape index (κ2) is 12.0. The minimum atomic E-state index is -0.805. The van der Waals surface area contributed by atoms with Crippen molar-refractivity contribution in [1.29, 1.82) is 0 Å². The fourth-order valence-corrected chi connectivity index (χ4v) is 1.16. The minimum Gasteiger partial charge on any atom is -0.481 e. The highest BCUT2D eigenvalue weighted by Crippen LogP contribution is 2.02. The van der Waals surface area contributed by atoms with Crippen LogP contribution in [0.1, 0.15) is 25.7 Å². The van der Waals surface area contributed by atoms with Gasteiger partial charge in [-0.05, 0) is 33.5 Å². The molecule has 1 unspecified atom stereocenters. The number of hydrogen-bond acceptors (Lipinski definition) is 3. The molecule has 0 aromatic heterocycles. The lowest BCUT2D eigenvalue weighted by Crippen LogP contribution is -2.24. The van der Waals surface area contributed by atoms with Gasteiger partial charge in [0.05, 0.1) is 6.42 Å². The Labute approximate surface area is 104 Å². The molecule has 0 aliphatic heterocycles. The average molecular weight is 261 g/mol. The van der Waals surface area contributed by atoms with Crippen LogP contribution in [-0.4, -0.2) is 42.7 Å². The summed E-state index contributed by atoms with van der Waals surface area (Å²) in [5, 5.41) is 8.44. The molecule has 0 spiro atoms. The van der Waals surface area contributed by atoms with Gasteiger partial charge in [-0.1, -0.05) is 6.42 Å². The monoisotopic (exact) mass is 260 g/mol. The number of hydrogen-bond donors (Lipinski definition) is 2. The van der Waals surface area contributed by atoms with Crippen molar-refractivity contribution in [3.63, 3.8) is 0 Å². The Morgan fingerprint density at radius 3 is 2.27 bits per heavy atom. The molecule has 0 aromatic carbocycles. The number of carboxylic acids is 1. The van der Waals surface area contributed by atoms with Gasteiger partial charge in [-0.3, -0.25) is 4.79 Å². The Morgan fingerprint density at radius 2 is 1.87 bits per heavy atom. The first-order valence-electron chi connectivity index (χ1n) is 4.64.